The van der Waals surface area contributed by atoms with E-state index in [2.05, 4.69) is 4.74 Å². The average Bonchev–Trinajstić information content (AvgIpc) is 2.26. The molecule has 0 saturated carbocycles. The van der Waals surface area contributed by atoms with Gasteiger partial charge in [0.2, 0.25) is 6.10 Å². The van der Waals surface area contributed by atoms with Crippen molar-refractivity contribution in [3.05, 3.63) is 29.8 Å². The van der Waals surface area contributed by atoms with Crippen molar-refractivity contribution < 1.29 is 24.2 Å². The molecule has 0 fully saturated rings. The molecule has 0 amide bonds. The van der Waals surface area contributed by atoms with Crippen LogP contribution in [0.4, 0.5) is 0 Å². The third-order valence-corrected chi connectivity index (χ3v) is 1.89. The summed E-state index contributed by atoms with van der Waals surface area (Å²) in [6.45, 7) is 1.20. The van der Waals surface area contributed by atoms with E-state index in [1.54, 1.807) is 0 Å². The molecule has 5 heteroatoms. The topological polar surface area (TPSA) is 72.8 Å². The summed E-state index contributed by atoms with van der Waals surface area (Å²) in [5, 5.41) is 9.09. The van der Waals surface area contributed by atoms with E-state index in [-0.39, 0.29) is 5.75 Å². The first-order valence-electron chi connectivity index (χ1n) is 4.58. The number of hydrogen-bond donors (Lipinski definition) is 1. The van der Waals surface area contributed by atoms with Gasteiger partial charge in [-0.25, -0.2) is 4.79 Å². The highest BCUT2D eigenvalue weighted by atomic mass is 16.6. The molecule has 0 heterocycles. The van der Waals surface area contributed by atoms with E-state index in [4.69, 9.17) is 9.84 Å². The Labute approximate surface area is 92.6 Å². The van der Waals surface area contributed by atoms with Crippen LogP contribution in [0.3, 0.4) is 0 Å². The first-order chi connectivity index (χ1) is 7.54. The van der Waals surface area contributed by atoms with Crippen molar-refractivity contribution in [1.29, 1.82) is 0 Å². The van der Waals surface area contributed by atoms with Crippen molar-refractivity contribution in [2.24, 2.45) is 0 Å². The van der Waals surface area contributed by atoms with Crippen LogP contribution in [0.5, 0.6) is 5.75 Å². The minimum atomic E-state index is -1.09. The Morgan fingerprint density at radius 1 is 1.25 bits per heavy atom. The monoisotopic (exact) mass is 224 g/mol. The maximum absolute atomic E-state index is 11.4. The summed E-state index contributed by atoms with van der Waals surface area (Å²) in [7, 11) is 1.21. The highest BCUT2D eigenvalue weighted by molar-refractivity contribution is 5.80. The minimum absolute atomic E-state index is 0.0650. The maximum Gasteiger partial charge on any atom is 0.351 e. The number of phenols is 1. The predicted octanol–water partition coefficient (Wildman–Crippen LogP) is 1.17. The average molecular weight is 224 g/mol. The van der Waals surface area contributed by atoms with E-state index in [0.29, 0.717) is 5.56 Å². The molecule has 1 N–H and O–H groups in total. The molecule has 86 valence electrons. The van der Waals surface area contributed by atoms with Gasteiger partial charge in [0.25, 0.3) is 0 Å². The van der Waals surface area contributed by atoms with E-state index in [1.807, 2.05) is 0 Å². The quantitative estimate of drug-likeness (QED) is 0.780. The fourth-order valence-electron chi connectivity index (χ4n) is 1.17. The van der Waals surface area contributed by atoms with Crippen molar-refractivity contribution in [2.75, 3.05) is 7.11 Å². The van der Waals surface area contributed by atoms with Gasteiger partial charge in [0.1, 0.15) is 5.75 Å². The highest BCUT2D eigenvalue weighted by Gasteiger charge is 2.24. The normalized spacial score (nSPS) is 11.6. The van der Waals surface area contributed by atoms with Crippen molar-refractivity contribution in [3.8, 4) is 5.75 Å². The Morgan fingerprint density at radius 3 is 2.25 bits per heavy atom. The van der Waals surface area contributed by atoms with E-state index >= 15 is 0 Å². The first-order valence-corrected chi connectivity index (χ1v) is 4.58. The Kier molecular flexibility index (Phi) is 3.88. The van der Waals surface area contributed by atoms with Crippen molar-refractivity contribution in [2.45, 2.75) is 13.0 Å². The molecule has 0 unspecified atom stereocenters. The second-order valence-electron chi connectivity index (χ2n) is 3.10. The van der Waals surface area contributed by atoms with Crippen LogP contribution in [-0.4, -0.2) is 24.2 Å². The number of rotatable bonds is 3. The Morgan fingerprint density at radius 2 is 1.81 bits per heavy atom. The number of carbonyl (C=O) groups excluding carboxylic acids is 2. The third kappa shape index (κ3) is 2.98. The number of methoxy groups -OCH3 is 1. The number of ether oxygens (including phenoxy) is 2. The van der Waals surface area contributed by atoms with Gasteiger partial charge >= 0.3 is 11.9 Å². The molecule has 1 atom stereocenters. The van der Waals surface area contributed by atoms with Crippen molar-refractivity contribution in [1.82, 2.24) is 0 Å². The molecule has 0 aliphatic heterocycles. The SMILES string of the molecule is COC(=O)[C@@H](OC(C)=O)c1ccc(O)cc1. The number of phenolic OH excluding ortho intramolecular Hbond substituents is 1. The summed E-state index contributed by atoms with van der Waals surface area (Å²) in [6.07, 6.45) is -1.09. The Bertz CT molecular complexity index is 382. The van der Waals surface area contributed by atoms with Gasteiger partial charge in [-0.15, -0.1) is 0 Å². The molecule has 1 rings (SSSR count). The molecular weight excluding hydrogens is 212 g/mol. The molecule has 1 aromatic carbocycles. The maximum atomic E-state index is 11.4. The number of hydrogen-bond acceptors (Lipinski definition) is 5. The molecule has 0 aliphatic rings. The van der Waals surface area contributed by atoms with Gasteiger partial charge in [0.05, 0.1) is 7.11 Å². The zero-order chi connectivity index (χ0) is 12.1. The number of benzene rings is 1. The third-order valence-electron chi connectivity index (χ3n) is 1.89. The van der Waals surface area contributed by atoms with Crippen LogP contribution in [0.1, 0.15) is 18.6 Å². The molecule has 0 aliphatic carbocycles. The second-order valence-corrected chi connectivity index (χ2v) is 3.10. The lowest BCUT2D eigenvalue weighted by molar-refractivity contribution is -0.165. The number of esters is 2. The molecule has 0 spiro atoms. The van der Waals surface area contributed by atoms with E-state index < -0.39 is 18.0 Å². The van der Waals surface area contributed by atoms with Gasteiger partial charge in [-0.3, -0.25) is 4.79 Å². The minimum Gasteiger partial charge on any atom is -0.508 e. The first kappa shape index (κ1) is 12.0. The molecular formula is C11H12O5. The fraction of sp³-hybridized carbons (Fsp3) is 0.273. The van der Waals surface area contributed by atoms with E-state index in [1.165, 1.54) is 38.3 Å². The van der Waals surface area contributed by atoms with Crippen LogP contribution in [0, 0.1) is 0 Å². The summed E-state index contributed by atoms with van der Waals surface area (Å²) < 4.78 is 9.35. The summed E-state index contributed by atoms with van der Waals surface area (Å²) in [4.78, 5) is 22.2. The largest absolute Gasteiger partial charge is 0.508 e. The van der Waals surface area contributed by atoms with Crippen LogP contribution in [-0.2, 0) is 19.1 Å². The molecule has 0 bridgehead atoms. The van der Waals surface area contributed by atoms with Crippen LogP contribution in [0.2, 0.25) is 0 Å². The van der Waals surface area contributed by atoms with Gasteiger partial charge in [-0.2, -0.15) is 0 Å². The second kappa shape index (κ2) is 5.16. The van der Waals surface area contributed by atoms with Crippen molar-refractivity contribution in [3.63, 3.8) is 0 Å². The van der Waals surface area contributed by atoms with Gasteiger partial charge in [0, 0.05) is 12.5 Å². The Hall–Kier alpha value is -2.04. The molecule has 0 saturated heterocycles. The standard InChI is InChI=1S/C11H12O5/c1-7(12)16-10(11(14)15-2)8-3-5-9(13)6-4-8/h3-6,10,13H,1-2H3/t10-/m0/s1. The number of carbonyl (C=O) groups is 2. The smallest absolute Gasteiger partial charge is 0.351 e. The lowest BCUT2D eigenvalue weighted by atomic mass is 10.1. The van der Waals surface area contributed by atoms with Crippen LogP contribution < -0.4 is 0 Å². The van der Waals surface area contributed by atoms with E-state index in [9.17, 15) is 9.59 Å². The Balaban J connectivity index is 2.96. The summed E-state index contributed by atoms with van der Waals surface area (Å²) >= 11 is 0. The zero-order valence-electron chi connectivity index (χ0n) is 8.97. The summed E-state index contributed by atoms with van der Waals surface area (Å²) in [6, 6.07) is 5.77. The van der Waals surface area contributed by atoms with Gasteiger partial charge in [-0.1, -0.05) is 12.1 Å². The zero-order valence-corrected chi connectivity index (χ0v) is 8.97. The van der Waals surface area contributed by atoms with Gasteiger partial charge in [-0.05, 0) is 12.1 Å². The van der Waals surface area contributed by atoms with Crippen LogP contribution in [0.25, 0.3) is 0 Å². The molecule has 0 radical (unpaired) electrons. The van der Waals surface area contributed by atoms with Crippen LogP contribution >= 0.6 is 0 Å². The van der Waals surface area contributed by atoms with Gasteiger partial charge < -0.3 is 14.6 Å². The molecule has 1 aromatic rings. The fourth-order valence-corrected chi connectivity index (χ4v) is 1.17. The van der Waals surface area contributed by atoms with Gasteiger partial charge in [0.15, 0.2) is 0 Å². The summed E-state index contributed by atoms with van der Waals surface area (Å²) in [5.74, 6) is -1.18. The molecule has 16 heavy (non-hydrogen) atoms. The molecule has 5 nitrogen and oxygen atoms in total. The predicted molar refractivity (Wildman–Crippen MR) is 54.6 cm³/mol. The highest BCUT2D eigenvalue weighted by Crippen LogP contribution is 2.21. The van der Waals surface area contributed by atoms with E-state index in [0.717, 1.165) is 0 Å². The summed E-state index contributed by atoms with van der Waals surface area (Å²) in [5.41, 5.74) is 0.444. The lowest BCUT2D eigenvalue weighted by Gasteiger charge is -2.14. The molecule has 0 aromatic heterocycles. The van der Waals surface area contributed by atoms with Crippen molar-refractivity contribution >= 4 is 11.9 Å². The van der Waals surface area contributed by atoms with Crippen LogP contribution in [0.15, 0.2) is 24.3 Å². The lowest BCUT2D eigenvalue weighted by Crippen LogP contribution is -2.19. The number of aromatic hydroxyl groups is 1.